The molecule has 31 heavy (non-hydrogen) atoms. The van der Waals surface area contributed by atoms with Gasteiger partial charge in [-0.15, -0.1) is 0 Å². The minimum absolute atomic E-state index is 0.0945. The lowest BCUT2D eigenvalue weighted by Crippen LogP contribution is -2.37. The monoisotopic (exact) mass is 438 g/mol. The fraction of sp³-hybridized carbons (Fsp3) is 0.208. The molecule has 4 rings (SSSR count). The van der Waals surface area contributed by atoms with Gasteiger partial charge in [0, 0.05) is 34.6 Å². The number of amides is 1. The second-order valence-electron chi connectivity index (χ2n) is 8.45. The average molecular weight is 439 g/mol. The summed E-state index contributed by atoms with van der Waals surface area (Å²) >= 11 is 6.00. The largest absolute Gasteiger partial charge is 0.322 e. The van der Waals surface area contributed by atoms with Gasteiger partial charge in [0.15, 0.2) is 5.78 Å². The standard InChI is InChI=1S/C24H20ClFN2O3/c1-24(2)11-18-19(20(29)12-24)13-28(17-8-6-15(26)7-9-17)23(31)21(18)22(30)27-16-5-3-4-14(25)10-16/h3-10,13H,11-12H2,1-2H3,(H,27,30). The fourth-order valence-corrected chi connectivity index (χ4v) is 4.12. The van der Waals surface area contributed by atoms with Crippen LogP contribution in [0.2, 0.25) is 5.02 Å². The normalized spacial score (nSPS) is 14.8. The molecule has 0 aliphatic heterocycles. The van der Waals surface area contributed by atoms with Gasteiger partial charge in [-0.2, -0.15) is 0 Å². The second-order valence-corrected chi connectivity index (χ2v) is 8.89. The molecule has 0 saturated heterocycles. The van der Waals surface area contributed by atoms with Gasteiger partial charge in [-0.3, -0.25) is 19.0 Å². The Morgan fingerprint density at radius 2 is 1.81 bits per heavy atom. The van der Waals surface area contributed by atoms with Crippen molar-refractivity contribution >= 4 is 29.0 Å². The van der Waals surface area contributed by atoms with Crippen LogP contribution in [0.25, 0.3) is 5.69 Å². The van der Waals surface area contributed by atoms with Crippen molar-refractivity contribution in [3.05, 3.63) is 92.6 Å². The summed E-state index contributed by atoms with van der Waals surface area (Å²) in [6, 6.07) is 11.9. The Morgan fingerprint density at radius 1 is 1.10 bits per heavy atom. The van der Waals surface area contributed by atoms with Gasteiger partial charge in [-0.25, -0.2) is 4.39 Å². The summed E-state index contributed by atoms with van der Waals surface area (Å²) in [7, 11) is 0. The van der Waals surface area contributed by atoms with E-state index in [-0.39, 0.29) is 16.8 Å². The molecule has 0 atom stereocenters. The zero-order chi connectivity index (χ0) is 22.3. The van der Waals surface area contributed by atoms with Crippen molar-refractivity contribution in [1.82, 2.24) is 4.57 Å². The van der Waals surface area contributed by atoms with E-state index in [1.165, 1.54) is 35.0 Å². The smallest absolute Gasteiger partial charge is 0.268 e. The first-order valence-corrected chi connectivity index (χ1v) is 10.2. The van der Waals surface area contributed by atoms with Crippen LogP contribution in [0.3, 0.4) is 0 Å². The molecule has 2 aromatic carbocycles. The number of aromatic nitrogens is 1. The van der Waals surface area contributed by atoms with Crippen LogP contribution in [0.1, 0.15) is 46.5 Å². The molecule has 0 unspecified atom stereocenters. The minimum atomic E-state index is -0.620. The summed E-state index contributed by atoms with van der Waals surface area (Å²) < 4.78 is 14.6. The molecule has 1 aliphatic carbocycles. The Bertz CT molecular complexity index is 1260. The molecule has 1 aromatic heterocycles. The molecular weight excluding hydrogens is 419 g/mol. The fourth-order valence-electron chi connectivity index (χ4n) is 3.93. The Labute approximate surface area is 183 Å². The van der Waals surface area contributed by atoms with Crippen LogP contribution in [-0.4, -0.2) is 16.3 Å². The van der Waals surface area contributed by atoms with E-state index in [0.29, 0.717) is 40.4 Å². The molecule has 158 valence electrons. The Morgan fingerprint density at radius 3 is 2.48 bits per heavy atom. The van der Waals surface area contributed by atoms with Gasteiger partial charge in [0.05, 0.1) is 0 Å². The maximum atomic E-state index is 13.4. The van der Waals surface area contributed by atoms with Gasteiger partial charge in [-0.05, 0) is 59.9 Å². The zero-order valence-electron chi connectivity index (χ0n) is 17.0. The number of nitrogens with one attached hydrogen (secondary N) is 1. The van der Waals surface area contributed by atoms with Crippen molar-refractivity contribution in [2.24, 2.45) is 5.41 Å². The summed E-state index contributed by atoms with van der Waals surface area (Å²) in [5, 5.41) is 3.15. The summed E-state index contributed by atoms with van der Waals surface area (Å²) in [5.41, 5.74) is 0.513. The molecule has 5 nitrogen and oxygen atoms in total. The zero-order valence-corrected chi connectivity index (χ0v) is 17.8. The van der Waals surface area contributed by atoms with Gasteiger partial charge in [0.1, 0.15) is 11.4 Å². The number of fused-ring (bicyclic) bond motifs is 1. The lowest BCUT2D eigenvalue weighted by Gasteiger charge is -2.31. The SMILES string of the molecule is CC1(C)CC(=O)c2cn(-c3ccc(F)cc3)c(=O)c(C(=O)Nc3cccc(Cl)c3)c2C1. The highest BCUT2D eigenvalue weighted by atomic mass is 35.5. The number of rotatable bonds is 3. The molecule has 0 spiro atoms. The van der Waals surface area contributed by atoms with Gasteiger partial charge >= 0.3 is 0 Å². The Hall–Kier alpha value is -3.25. The van der Waals surface area contributed by atoms with Crippen LogP contribution in [0.4, 0.5) is 10.1 Å². The third-order valence-electron chi connectivity index (χ3n) is 5.33. The van der Waals surface area contributed by atoms with E-state index in [1.54, 1.807) is 24.3 Å². The summed E-state index contributed by atoms with van der Waals surface area (Å²) in [6.45, 7) is 3.86. The maximum Gasteiger partial charge on any atom is 0.268 e. The lowest BCUT2D eigenvalue weighted by molar-refractivity contribution is 0.0910. The minimum Gasteiger partial charge on any atom is -0.322 e. The third kappa shape index (κ3) is 4.16. The number of Topliss-reactive ketones (excluding diaryl/α,β-unsaturated/α-hetero) is 1. The van der Waals surface area contributed by atoms with Crippen LogP contribution < -0.4 is 10.9 Å². The highest BCUT2D eigenvalue weighted by Crippen LogP contribution is 2.36. The van der Waals surface area contributed by atoms with Gasteiger partial charge in [0.25, 0.3) is 11.5 Å². The number of hydrogen-bond acceptors (Lipinski definition) is 3. The number of pyridine rings is 1. The average Bonchev–Trinajstić information content (AvgIpc) is 2.67. The van der Waals surface area contributed by atoms with Crippen molar-refractivity contribution in [2.75, 3.05) is 5.32 Å². The van der Waals surface area contributed by atoms with E-state index in [1.807, 2.05) is 13.8 Å². The van der Waals surface area contributed by atoms with Gasteiger partial charge in [-0.1, -0.05) is 31.5 Å². The van der Waals surface area contributed by atoms with E-state index in [4.69, 9.17) is 11.6 Å². The molecule has 1 N–H and O–H groups in total. The topological polar surface area (TPSA) is 68.2 Å². The number of anilines is 1. The molecule has 1 amide bonds. The molecule has 0 radical (unpaired) electrons. The van der Waals surface area contributed by atoms with Gasteiger partial charge in [0.2, 0.25) is 0 Å². The van der Waals surface area contributed by atoms with Crippen LogP contribution in [-0.2, 0) is 6.42 Å². The quantitative estimate of drug-likeness (QED) is 0.623. The van der Waals surface area contributed by atoms with Crippen molar-refractivity contribution in [3.63, 3.8) is 0 Å². The van der Waals surface area contributed by atoms with E-state index in [0.717, 1.165) is 0 Å². The highest BCUT2D eigenvalue weighted by Gasteiger charge is 2.36. The summed E-state index contributed by atoms with van der Waals surface area (Å²) in [4.78, 5) is 39.6. The van der Waals surface area contributed by atoms with E-state index in [2.05, 4.69) is 5.32 Å². The summed E-state index contributed by atoms with van der Waals surface area (Å²) in [5.74, 6) is -1.21. The number of benzene rings is 2. The molecule has 0 saturated carbocycles. The first-order valence-electron chi connectivity index (χ1n) is 9.79. The first kappa shape index (κ1) is 21.0. The third-order valence-corrected chi connectivity index (χ3v) is 5.56. The molecule has 3 aromatic rings. The molecule has 0 fully saturated rings. The van der Waals surface area contributed by atoms with Crippen molar-refractivity contribution in [1.29, 1.82) is 0 Å². The number of hydrogen-bond donors (Lipinski definition) is 1. The molecular formula is C24H20ClFN2O3. The number of nitrogens with zero attached hydrogens (tertiary/aromatic N) is 1. The van der Waals surface area contributed by atoms with Crippen molar-refractivity contribution in [2.45, 2.75) is 26.7 Å². The van der Waals surface area contributed by atoms with Crippen LogP contribution in [0.5, 0.6) is 0 Å². The van der Waals surface area contributed by atoms with E-state index < -0.39 is 17.3 Å². The first-order chi connectivity index (χ1) is 14.6. The number of carbonyl (C=O) groups is 2. The predicted octanol–water partition coefficient (Wildman–Crippen LogP) is 5.04. The molecule has 1 heterocycles. The number of halogens is 2. The molecule has 1 aliphatic rings. The molecule has 0 bridgehead atoms. The Kier molecular flexibility index (Phi) is 5.27. The van der Waals surface area contributed by atoms with Crippen molar-refractivity contribution < 1.29 is 14.0 Å². The van der Waals surface area contributed by atoms with E-state index in [9.17, 15) is 18.8 Å². The highest BCUT2D eigenvalue weighted by molar-refractivity contribution is 6.31. The van der Waals surface area contributed by atoms with Gasteiger partial charge < -0.3 is 5.32 Å². The maximum absolute atomic E-state index is 13.4. The van der Waals surface area contributed by atoms with Crippen LogP contribution in [0.15, 0.2) is 59.5 Å². The van der Waals surface area contributed by atoms with E-state index >= 15 is 0 Å². The predicted molar refractivity (Wildman–Crippen MR) is 118 cm³/mol. The Balaban J connectivity index is 1.91. The number of carbonyl (C=O) groups excluding carboxylic acids is 2. The number of ketones is 1. The lowest BCUT2D eigenvalue weighted by atomic mass is 9.73. The second kappa shape index (κ2) is 7.78. The molecule has 7 heteroatoms. The summed E-state index contributed by atoms with van der Waals surface area (Å²) in [6.07, 6.45) is 2.17. The van der Waals surface area contributed by atoms with Crippen LogP contribution >= 0.6 is 11.6 Å². The van der Waals surface area contributed by atoms with Crippen molar-refractivity contribution in [3.8, 4) is 5.69 Å². The van der Waals surface area contributed by atoms with Crippen LogP contribution in [0, 0.1) is 11.2 Å².